The first-order valence-electron chi connectivity index (χ1n) is 6.32. The molecule has 0 radical (unpaired) electrons. The van der Waals surface area contributed by atoms with Crippen molar-refractivity contribution in [3.05, 3.63) is 48.6 Å². The van der Waals surface area contributed by atoms with Crippen LogP contribution in [0.3, 0.4) is 0 Å². The molecule has 3 rings (SSSR count). The van der Waals surface area contributed by atoms with Crippen molar-refractivity contribution in [2.24, 2.45) is 12.2 Å². The molecule has 112 valence electrons. The molecular formula is C13H12FN7O. The molecule has 0 bridgehead atoms. The van der Waals surface area contributed by atoms with Gasteiger partial charge in [0.1, 0.15) is 25.6 Å². The lowest BCUT2D eigenvalue weighted by molar-refractivity contribution is 0.211. The van der Waals surface area contributed by atoms with Crippen LogP contribution in [0.2, 0.25) is 0 Å². The molecule has 0 aliphatic rings. The van der Waals surface area contributed by atoms with E-state index in [9.17, 15) is 4.39 Å². The standard InChI is InChI=1S/C13H12FN7O/c1-20-12(13(19-22-2)21-8-15-7-16-21)17-11(18-20)9-4-3-5-10(14)6-9/h3-8H,1-2H3. The zero-order valence-electron chi connectivity index (χ0n) is 11.9. The summed E-state index contributed by atoms with van der Waals surface area (Å²) < 4.78 is 16.3. The Morgan fingerprint density at radius 3 is 2.91 bits per heavy atom. The fraction of sp³-hybridized carbons (Fsp3) is 0.154. The molecule has 0 unspecified atom stereocenters. The third-order valence-electron chi connectivity index (χ3n) is 2.86. The van der Waals surface area contributed by atoms with Crippen molar-refractivity contribution in [1.82, 2.24) is 29.5 Å². The van der Waals surface area contributed by atoms with Crippen molar-refractivity contribution >= 4 is 5.84 Å². The van der Waals surface area contributed by atoms with Crippen molar-refractivity contribution in [2.75, 3.05) is 7.11 Å². The number of aromatic nitrogens is 6. The van der Waals surface area contributed by atoms with Gasteiger partial charge < -0.3 is 4.84 Å². The molecule has 0 atom stereocenters. The molecule has 0 aliphatic heterocycles. The summed E-state index contributed by atoms with van der Waals surface area (Å²) in [5, 5.41) is 12.2. The van der Waals surface area contributed by atoms with Gasteiger partial charge in [-0.05, 0) is 12.1 Å². The summed E-state index contributed by atoms with van der Waals surface area (Å²) in [6.07, 6.45) is 2.84. The van der Waals surface area contributed by atoms with Crippen LogP contribution in [0.4, 0.5) is 4.39 Å². The van der Waals surface area contributed by atoms with Crippen molar-refractivity contribution in [1.29, 1.82) is 0 Å². The molecule has 0 saturated carbocycles. The number of benzene rings is 1. The van der Waals surface area contributed by atoms with Gasteiger partial charge in [-0.3, -0.25) is 0 Å². The lowest BCUT2D eigenvalue weighted by Crippen LogP contribution is -2.19. The molecule has 1 aromatic carbocycles. The Bertz CT molecular complexity index is 810. The predicted molar refractivity (Wildman–Crippen MR) is 75.4 cm³/mol. The summed E-state index contributed by atoms with van der Waals surface area (Å²) in [6.45, 7) is 0. The van der Waals surface area contributed by atoms with E-state index in [-0.39, 0.29) is 5.82 Å². The minimum atomic E-state index is -0.353. The maximum absolute atomic E-state index is 13.3. The summed E-state index contributed by atoms with van der Waals surface area (Å²) in [5.41, 5.74) is 0.567. The van der Waals surface area contributed by atoms with Crippen LogP contribution in [-0.4, -0.2) is 42.5 Å². The molecule has 3 aromatic rings. The highest BCUT2D eigenvalue weighted by Crippen LogP contribution is 2.17. The Labute approximate surface area is 124 Å². The minimum absolute atomic E-state index is 0.317. The lowest BCUT2D eigenvalue weighted by Gasteiger charge is -2.02. The number of hydrogen-bond donors (Lipinski definition) is 0. The van der Waals surface area contributed by atoms with Crippen molar-refractivity contribution < 1.29 is 9.23 Å². The first-order chi connectivity index (χ1) is 10.7. The van der Waals surface area contributed by atoms with Crippen molar-refractivity contribution in [3.8, 4) is 11.4 Å². The summed E-state index contributed by atoms with van der Waals surface area (Å²) in [7, 11) is 3.12. The van der Waals surface area contributed by atoms with Gasteiger partial charge in [-0.15, -0.1) is 0 Å². The Kier molecular flexibility index (Phi) is 3.60. The number of aryl methyl sites for hydroxylation is 1. The second kappa shape index (κ2) is 5.72. The van der Waals surface area contributed by atoms with Gasteiger partial charge in [0.25, 0.3) is 0 Å². The van der Waals surface area contributed by atoms with E-state index in [0.717, 1.165) is 0 Å². The van der Waals surface area contributed by atoms with Gasteiger partial charge in [-0.2, -0.15) is 14.9 Å². The highest BCUT2D eigenvalue weighted by atomic mass is 19.1. The summed E-state index contributed by atoms with van der Waals surface area (Å²) in [4.78, 5) is 13.1. The largest absolute Gasteiger partial charge is 0.397 e. The third-order valence-corrected chi connectivity index (χ3v) is 2.86. The Balaban J connectivity index is 2.07. The first kappa shape index (κ1) is 13.9. The Morgan fingerprint density at radius 2 is 2.23 bits per heavy atom. The second-order valence-corrected chi connectivity index (χ2v) is 4.33. The quantitative estimate of drug-likeness (QED) is 0.410. The van der Waals surface area contributed by atoms with Crippen molar-refractivity contribution in [2.45, 2.75) is 0 Å². The first-order valence-corrected chi connectivity index (χ1v) is 6.32. The molecule has 0 fully saturated rings. The van der Waals surface area contributed by atoms with Gasteiger partial charge in [0, 0.05) is 12.6 Å². The molecule has 0 saturated heterocycles. The van der Waals surface area contributed by atoms with Gasteiger partial charge in [0.15, 0.2) is 11.6 Å². The van der Waals surface area contributed by atoms with Gasteiger partial charge in [-0.25, -0.2) is 19.0 Å². The summed E-state index contributed by atoms with van der Waals surface area (Å²) >= 11 is 0. The van der Waals surface area contributed by atoms with Crippen LogP contribution >= 0.6 is 0 Å². The van der Waals surface area contributed by atoms with Gasteiger partial charge >= 0.3 is 0 Å². The van der Waals surface area contributed by atoms with Crippen LogP contribution in [0, 0.1) is 5.82 Å². The molecular weight excluding hydrogens is 289 g/mol. The van der Waals surface area contributed by atoms with Crippen LogP contribution in [0.1, 0.15) is 5.82 Å². The third kappa shape index (κ3) is 2.55. The van der Waals surface area contributed by atoms with E-state index in [1.165, 1.54) is 41.3 Å². The van der Waals surface area contributed by atoms with Crippen molar-refractivity contribution in [3.63, 3.8) is 0 Å². The van der Waals surface area contributed by atoms with Crippen LogP contribution < -0.4 is 0 Å². The molecule has 0 aliphatic carbocycles. The molecule has 0 N–H and O–H groups in total. The van der Waals surface area contributed by atoms with E-state index in [1.54, 1.807) is 19.2 Å². The number of rotatable bonds is 3. The molecule has 2 heterocycles. The smallest absolute Gasteiger partial charge is 0.238 e. The second-order valence-electron chi connectivity index (χ2n) is 4.33. The predicted octanol–water partition coefficient (Wildman–Crippen LogP) is 1.07. The van der Waals surface area contributed by atoms with E-state index >= 15 is 0 Å². The molecule has 0 amide bonds. The van der Waals surface area contributed by atoms with E-state index < -0.39 is 0 Å². The average molecular weight is 301 g/mol. The van der Waals surface area contributed by atoms with Crippen LogP contribution in [0.5, 0.6) is 0 Å². The van der Waals surface area contributed by atoms with E-state index in [4.69, 9.17) is 4.84 Å². The zero-order chi connectivity index (χ0) is 15.5. The highest BCUT2D eigenvalue weighted by Gasteiger charge is 2.18. The van der Waals surface area contributed by atoms with Crippen LogP contribution in [0.25, 0.3) is 11.4 Å². The normalized spacial score (nSPS) is 11.7. The molecule has 0 spiro atoms. The lowest BCUT2D eigenvalue weighted by atomic mass is 10.2. The Morgan fingerprint density at radius 1 is 1.36 bits per heavy atom. The fourth-order valence-corrected chi connectivity index (χ4v) is 1.92. The zero-order valence-corrected chi connectivity index (χ0v) is 11.9. The van der Waals surface area contributed by atoms with E-state index in [0.29, 0.717) is 23.0 Å². The minimum Gasteiger partial charge on any atom is -0.397 e. The number of oxime groups is 1. The maximum Gasteiger partial charge on any atom is 0.238 e. The summed E-state index contributed by atoms with van der Waals surface area (Å²) in [6, 6.07) is 6.05. The molecule has 2 aromatic heterocycles. The molecule has 9 heteroatoms. The van der Waals surface area contributed by atoms with Gasteiger partial charge in [0.2, 0.25) is 5.84 Å². The molecule has 22 heavy (non-hydrogen) atoms. The highest BCUT2D eigenvalue weighted by molar-refractivity contribution is 5.96. The number of hydrogen-bond acceptors (Lipinski definition) is 6. The van der Waals surface area contributed by atoms with Crippen LogP contribution in [-0.2, 0) is 11.9 Å². The van der Waals surface area contributed by atoms with Gasteiger partial charge in [-0.1, -0.05) is 17.3 Å². The van der Waals surface area contributed by atoms with E-state index in [1.807, 2.05) is 0 Å². The van der Waals surface area contributed by atoms with Gasteiger partial charge in [0.05, 0.1) is 0 Å². The maximum atomic E-state index is 13.3. The number of halogens is 1. The van der Waals surface area contributed by atoms with E-state index in [2.05, 4.69) is 25.3 Å². The molecule has 8 nitrogen and oxygen atoms in total. The monoisotopic (exact) mass is 301 g/mol. The fourth-order valence-electron chi connectivity index (χ4n) is 1.92. The number of nitrogens with zero attached hydrogens (tertiary/aromatic N) is 7. The average Bonchev–Trinajstić information content (AvgIpc) is 3.15. The SMILES string of the molecule is CON=C(c1nc(-c2cccc(F)c2)nn1C)n1cncn1. The summed E-state index contributed by atoms with van der Waals surface area (Å²) in [5.74, 6) is 0.749. The Hall–Kier alpha value is -3.10. The topological polar surface area (TPSA) is 83.0 Å². The van der Waals surface area contributed by atoms with Crippen LogP contribution in [0.15, 0.2) is 42.1 Å².